The topological polar surface area (TPSA) is 78.1 Å². The molecule has 0 saturated heterocycles. The first-order valence-corrected chi connectivity index (χ1v) is 8.00. The van der Waals surface area contributed by atoms with E-state index in [9.17, 15) is 22.8 Å². The van der Waals surface area contributed by atoms with E-state index in [1.165, 1.54) is 12.1 Å². The summed E-state index contributed by atoms with van der Waals surface area (Å²) in [5.74, 6) is 0.105. The van der Waals surface area contributed by atoms with Crippen molar-refractivity contribution >= 4 is 11.6 Å². The highest BCUT2D eigenvalue weighted by Gasteiger charge is 2.30. The SMILES string of the molecule is Cc1nc2c(c(=O)[nH]1)CN(CC(=O)Nc1cccc(C(F)(F)F)c1)CC2. The average Bonchev–Trinajstić information content (AvgIpc) is 2.55. The number of carbonyl (C=O) groups is 1. The van der Waals surface area contributed by atoms with Gasteiger partial charge in [-0.2, -0.15) is 13.2 Å². The van der Waals surface area contributed by atoms with Crippen LogP contribution in [-0.4, -0.2) is 33.9 Å². The molecule has 0 spiro atoms. The largest absolute Gasteiger partial charge is 0.416 e. The summed E-state index contributed by atoms with van der Waals surface area (Å²) >= 11 is 0. The van der Waals surface area contributed by atoms with E-state index in [1.54, 1.807) is 11.8 Å². The Kier molecular flexibility index (Phi) is 4.82. The number of nitrogens with one attached hydrogen (secondary N) is 2. The van der Waals surface area contributed by atoms with Gasteiger partial charge < -0.3 is 10.3 Å². The second kappa shape index (κ2) is 6.91. The molecule has 1 aliphatic rings. The second-order valence-corrected chi connectivity index (χ2v) is 6.16. The van der Waals surface area contributed by atoms with Crippen LogP contribution in [0.5, 0.6) is 0 Å². The van der Waals surface area contributed by atoms with E-state index < -0.39 is 17.6 Å². The van der Waals surface area contributed by atoms with E-state index in [0.29, 0.717) is 24.4 Å². The number of hydrogen-bond donors (Lipinski definition) is 2. The number of fused-ring (bicyclic) bond motifs is 1. The molecule has 0 radical (unpaired) electrons. The fourth-order valence-electron chi connectivity index (χ4n) is 2.92. The first-order valence-electron chi connectivity index (χ1n) is 8.00. The number of nitrogens with zero attached hydrogens (tertiary/aromatic N) is 2. The third-order valence-electron chi connectivity index (χ3n) is 4.11. The summed E-state index contributed by atoms with van der Waals surface area (Å²) < 4.78 is 38.2. The zero-order valence-corrected chi connectivity index (χ0v) is 14.0. The maximum Gasteiger partial charge on any atom is 0.416 e. The van der Waals surface area contributed by atoms with Crippen LogP contribution in [-0.2, 0) is 23.9 Å². The molecule has 2 aromatic rings. The standard InChI is InChI=1S/C17H17F3N4O2/c1-10-21-14-5-6-24(8-13(14)16(26)22-10)9-15(25)23-12-4-2-3-11(7-12)17(18,19)20/h2-4,7H,5-6,8-9H2,1H3,(H,23,25)(H,21,22,26). The molecule has 0 atom stereocenters. The minimum Gasteiger partial charge on any atom is -0.325 e. The van der Waals surface area contributed by atoms with Gasteiger partial charge >= 0.3 is 6.18 Å². The molecule has 1 aromatic carbocycles. The van der Waals surface area contributed by atoms with Gasteiger partial charge in [-0.25, -0.2) is 4.98 Å². The van der Waals surface area contributed by atoms with Crippen LogP contribution in [0.2, 0.25) is 0 Å². The zero-order chi connectivity index (χ0) is 18.9. The number of alkyl halides is 3. The van der Waals surface area contributed by atoms with Gasteiger partial charge in [-0.15, -0.1) is 0 Å². The van der Waals surface area contributed by atoms with Crippen molar-refractivity contribution in [3.8, 4) is 0 Å². The Morgan fingerprint density at radius 1 is 1.38 bits per heavy atom. The van der Waals surface area contributed by atoms with Crippen molar-refractivity contribution in [1.29, 1.82) is 0 Å². The van der Waals surface area contributed by atoms with Crippen LogP contribution in [0.15, 0.2) is 29.1 Å². The van der Waals surface area contributed by atoms with Crippen LogP contribution < -0.4 is 10.9 Å². The molecule has 1 aliphatic heterocycles. The van der Waals surface area contributed by atoms with Crippen LogP contribution in [0.3, 0.4) is 0 Å². The molecule has 9 heteroatoms. The van der Waals surface area contributed by atoms with Crippen molar-refractivity contribution < 1.29 is 18.0 Å². The van der Waals surface area contributed by atoms with Crippen molar-refractivity contribution in [2.45, 2.75) is 26.1 Å². The number of rotatable bonds is 3. The van der Waals surface area contributed by atoms with Gasteiger partial charge in [0.1, 0.15) is 5.82 Å². The third-order valence-corrected chi connectivity index (χ3v) is 4.11. The lowest BCUT2D eigenvalue weighted by Crippen LogP contribution is -2.40. The summed E-state index contributed by atoms with van der Waals surface area (Å²) in [5.41, 5.74) is 0.276. The van der Waals surface area contributed by atoms with Gasteiger partial charge in [0.25, 0.3) is 5.56 Å². The van der Waals surface area contributed by atoms with E-state index in [2.05, 4.69) is 15.3 Å². The molecule has 0 bridgehead atoms. The molecule has 6 nitrogen and oxygen atoms in total. The third kappa shape index (κ3) is 4.10. The number of H-pyrrole nitrogens is 1. The number of aryl methyl sites for hydroxylation is 1. The van der Waals surface area contributed by atoms with Gasteiger partial charge in [0.15, 0.2) is 0 Å². The summed E-state index contributed by atoms with van der Waals surface area (Å²) in [6.07, 6.45) is -3.93. The number of aromatic nitrogens is 2. The molecule has 26 heavy (non-hydrogen) atoms. The molecule has 1 amide bonds. The molecular formula is C17H17F3N4O2. The van der Waals surface area contributed by atoms with Crippen LogP contribution in [0, 0.1) is 6.92 Å². The summed E-state index contributed by atoms with van der Waals surface area (Å²) in [6, 6.07) is 4.47. The number of carbonyl (C=O) groups excluding carboxylic acids is 1. The molecule has 2 heterocycles. The molecule has 1 aromatic heterocycles. The molecule has 0 unspecified atom stereocenters. The minimum absolute atomic E-state index is 0.0248. The molecular weight excluding hydrogens is 349 g/mol. The highest BCUT2D eigenvalue weighted by atomic mass is 19.4. The molecule has 3 rings (SSSR count). The summed E-state index contributed by atoms with van der Waals surface area (Å²) in [6.45, 7) is 2.49. The second-order valence-electron chi connectivity index (χ2n) is 6.16. The first kappa shape index (κ1) is 18.1. The fourth-order valence-corrected chi connectivity index (χ4v) is 2.92. The van der Waals surface area contributed by atoms with Crippen molar-refractivity contribution in [1.82, 2.24) is 14.9 Å². The quantitative estimate of drug-likeness (QED) is 0.872. The number of halogens is 3. The smallest absolute Gasteiger partial charge is 0.325 e. The summed E-state index contributed by atoms with van der Waals surface area (Å²) in [5, 5.41) is 2.47. The van der Waals surface area contributed by atoms with E-state index in [4.69, 9.17) is 0 Å². The number of anilines is 1. The maximum atomic E-state index is 12.7. The Balaban J connectivity index is 1.65. The van der Waals surface area contributed by atoms with Gasteiger partial charge in [-0.05, 0) is 25.1 Å². The van der Waals surface area contributed by atoms with Crippen LogP contribution in [0.4, 0.5) is 18.9 Å². The van der Waals surface area contributed by atoms with Crippen molar-refractivity contribution in [3.63, 3.8) is 0 Å². The number of benzene rings is 1. The average molecular weight is 366 g/mol. The van der Waals surface area contributed by atoms with Crippen LogP contribution in [0.25, 0.3) is 0 Å². The van der Waals surface area contributed by atoms with Crippen molar-refractivity contribution in [3.05, 3.63) is 57.3 Å². The van der Waals surface area contributed by atoms with E-state index in [-0.39, 0.29) is 24.3 Å². The molecule has 0 fully saturated rings. The fraction of sp³-hybridized carbons (Fsp3) is 0.353. The molecule has 2 N–H and O–H groups in total. The molecule has 138 valence electrons. The molecule has 0 saturated carbocycles. The monoisotopic (exact) mass is 366 g/mol. The lowest BCUT2D eigenvalue weighted by Gasteiger charge is -2.27. The first-order chi connectivity index (χ1) is 12.2. The van der Waals surface area contributed by atoms with Gasteiger partial charge in [0.05, 0.1) is 23.4 Å². The van der Waals surface area contributed by atoms with Gasteiger partial charge in [0.2, 0.25) is 5.91 Å². The van der Waals surface area contributed by atoms with Gasteiger partial charge in [-0.3, -0.25) is 14.5 Å². The summed E-state index contributed by atoms with van der Waals surface area (Å²) in [4.78, 5) is 32.9. The maximum absolute atomic E-state index is 12.7. The number of aromatic amines is 1. The summed E-state index contributed by atoms with van der Waals surface area (Å²) in [7, 11) is 0. The Morgan fingerprint density at radius 3 is 2.88 bits per heavy atom. The Labute approximate surface area is 147 Å². The Bertz CT molecular complexity index is 892. The highest BCUT2D eigenvalue weighted by molar-refractivity contribution is 5.92. The number of hydrogen-bond acceptors (Lipinski definition) is 4. The normalized spacial score (nSPS) is 14.8. The van der Waals surface area contributed by atoms with Crippen molar-refractivity contribution in [2.24, 2.45) is 0 Å². The zero-order valence-electron chi connectivity index (χ0n) is 14.0. The molecule has 0 aliphatic carbocycles. The highest BCUT2D eigenvalue weighted by Crippen LogP contribution is 2.30. The van der Waals surface area contributed by atoms with Crippen LogP contribution in [0.1, 0.15) is 22.6 Å². The van der Waals surface area contributed by atoms with Gasteiger partial charge in [-0.1, -0.05) is 6.07 Å². The van der Waals surface area contributed by atoms with E-state index >= 15 is 0 Å². The minimum atomic E-state index is -4.47. The van der Waals surface area contributed by atoms with Crippen molar-refractivity contribution in [2.75, 3.05) is 18.4 Å². The predicted octanol–water partition coefficient (Wildman–Crippen LogP) is 2.09. The van der Waals surface area contributed by atoms with E-state index in [0.717, 1.165) is 17.8 Å². The van der Waals surface area contributed by atoms with Gasteiger partial charge in [0, 0.05) is 25.2 Å². The Morgan fingerprint density at radius 2 is 2.15 bits per heavy atom. The predicted molar refractivity (Wildman–Crippen MR) is 88.6 cm³/mol. The van der Waals surface area contributed by atoms with Crippen LogP contribution >= 0.6 is 0 Å². The lowest BCUT2D eigenvalue weighted by molar-refractivity contribution is -0.137. The lowest BCUT2D eigenvalue weighted by atomic mass is 10.1. The number of amides is 1. The van der Waals surface area contributed by atoms with E-state index in [1.807, 2.05) is 0 Å². The Hall–Kier alpha value is -2.68.